The van der Waals surface area contributed by atoms with E-state index in [1.165, 1.54) is 0 Å². The fraction of sp³-hybridized carbons (Fsp3) is 0.217. The minimum absolute atomic E-state index is 0.120. The summed E-state index contributed by atoms with van der Waals surface area (Å²) in [5.74, 6) is 0.461. The molecule has 2 aromatic carbocycles. The van der Waals surface area contributed by atoms with E-state index in [1.807, 2.05) is 53.8 Å². The Bertz CT molecular complexity index is 966. The molecule has 1 fully saturated rings. The Kier molecular flexibility index (Phi) is 5.72. The van der Waals surface area contributed by atoms with Crippen LogP contribution in [0.2, 0.25) is 0 Å². The van der Waals surface area contributed by atoms with E-state index in [0.717, 1.165) is 24.2 Å². The molecule has 1 heterocycles. The molecule has 2 amide bonds. The predicted molar refractivity (Wildman–Crippen MR) is 109 cm³/mol. The topological polar surface area (TPSA) is 88.0 Å². The van der Waals surface area contributed by atoms with Crippen LogP contribution in [0.1, 0.15) is 40.6 Å². The minimum Gasteiger partial charge on any atom is -0.463 e. The second-order valence-corrected chi connectivity index (χ2v) is 7.19. The summed E-state index contributed by atoms with van der Waals surface area (Å²) in [7, 11) is 0. The zero-order valence-electron chi connectivity index (χ0n) is 16.0. The highest BCUT2D eigenvalue weighted by Gasteiger charge is 2.25. The van der Waals surface area contributed by atoms with Crippen molar-refractivity contribution in [3.8, 4) is 0 Å². The molecular weight excluding hydrogens is 366 g/mol. The molecule has 1 aliphatic rings. The second-order valence-electron chi connectivity index (χ2n) is 7.19. The third-order valence-electron chi connectivity index (χ3n) is 4.91. The Hall–Kier alpha value is -3.38. The van der Waals surface area contributed by atoms with Gasteiger partial charge >= 0.3 is 0 Å². The number of para-hydroxylation sites is 1. The molecule has 4 N–H and O–H groups in total. The number of nitrogens with one attached hydrogen (secondary N) is 2. The number of benzene rings is 2. The lowest BCUT2D eigenvalue weighted by Gasteiger charge is -2.15. The van der Waals surface area contributed by atoms with Crippen LogP contribution in [0.5, 0.6) is 0 Å². The molecular formula is C23H24N3O3+. The Balaban J connectivity index is 1.42. The lowest BCUT2D eigenvalue weighted by Crippen LogP contribution is -2.87. The number of amides is 2. The summed E-state index contributed by atoms with van der Waals surface area (Å²) in [6.45, 7) is 0.193. The van der Waals surface area contributed by atoms with Gasteiger partial charge in [0.15, 0.2) is 18.3 Å². The van der Waals surface area contributed by atoms with Crippen molar-refractivity contribution in [2.45, 2.75) is 24.9 Å². The molecule has 0 radical (unpaired) electrons. The third-order valence-corrected chi connectivity index (χ3v) is 4.91. The first-order valence-corrected chi connectivity index (χ1v) is 9.82. The molecule has 0 spiro atoms. The van der Waals surface area contributed by atoms with Gasteiger partial charge in [0.1, 0.15) is 0 Å². The van der Waals surface area contributed by atoms with E-state index in [-0.39, 0.29) is 30.4 Å². The summed E-state index contributed by atoms with van der Waals surface area (Å²) in [4.78, 5) is 25.0. The van der Waals surface area contributed by atoms with Crippen molar-refractivity contribution in [2.75, 3.05) is 11.9 Å². The Morgan fingerprint density at radius 3 is 2.48 bits per heavy atom. The van der Waals surface area contributed by atoms with Gasteiger partial charge in [0, 0.05) is 11.6 Å². The van der Waals surface area contributed by atoms with Crippen molar-refractivity contribution in [3.05, 3.63) is 89.9 Å². The number of nitrogens with two attached hydrogens (primary N) is 1. The van der Waals surface area contributed by atoms with Crippen LogP contribution in [0, 0.1) is 0 Å². The number of hydrogen-bond acceptors (Lipinski definition) is 3. The van der Waals surface area contributed by atoms with Crippen LogP contribution in [0.3, 0.4) is 0 Å². The van der Waals surface area contributed by atoms with Gasteiger partial charge in [-0.05, 0) is 37.1 Å². The third kappa shape index (κ3) is 4.92. The number of quaternary nitrogens is 1. The standard InChI is InChI=1S/C23H23N3O3/c27-21(26-19-10-5-4-9-18(19)23(28)25-17-12-13-17)15-24-22(20-11-6-14-29-20)16-7-2-1-3-8-16/h1-11,14,17,22,24H,12-13,15H2,(H,25,28)(H,26,27)/p+1/t22-/m0/s1. The van der Waals surface area contributed by atoms with Crippen LogP contribution in [0.25, 0.3) is 0 Å². The van der Waals surface area contributed by atoms with Gasteiger partial charge in [-0.3, -0.25) is 9.59 Å². The van der Waals surface area contributed by atoms with Crippen molar-refractivity contribution in [1.82, 2.24) is 5.32 Å². The zero-order valence-corrected chi connectivity index (χ0v) is 16.0. The van der Waals surface area contributed by atoms with Crippen molar-refractivity contribution in [3.63, 3.8) is 0 Å². The Labute approximate surface area is 169 Å². The summed E-state index contributed by atoms with van der Waals surface area (Å²) >= 11 is 0. The molecule has 0 aliphatic heterocycles. The number of hydrogen-bond donors (Lipinski definition) is 3. The van der Waals surface area contributed by atoms with E-state index in [9.17, 15) is 9.59 Å². The molecule has 29 heavy (non-hydrogen) atoms. The van der Waals surface area contributed by atoms with Crippen LogP contribution in [-0.4, -0.2) is 24.4 Å². The van der Waals surface area contributed by atoms with E-state index in [4.69, 9.17) is 4.42 Å². The van der Waals surface area contributed by atoms with Crippen molar-refractivity contribution in [2.24, 2.45) is 0 Å². The zero-order chi connectivity index (χ0) is 20.1. The molecule has 3 aromatic rings. The molecule has 1 atom stereocenters. The maximum atomic E-state index is 12.6. The van der Waals surface area contributed by atoms with Crippen molar-refractivity contribution in [1.29, 1.82) is 0 Å². The maximum Gasteiger partial charge on any atom is 0.279 e. The van der Waals surface area contributed by atoms with Gasteiger partial charge in [0.2, 0.25) is 0 Å². The van der Waals surface area contributed by atoms with Gasteiger partial charge in [-0.2, -0.15) is 0 Å². The fourth-order valence-electron chi connectivity index (χ4n) is 3.25. The van der Waals surface area contributed by atoms with E-state index >= 15 is 0 Å². The Morgan fingerprint density at radius 2 is 1.76 bits per heavy atom. The summed E-state index contributed by atoms with van der Waals surface area (Å²) in [6.07, 6.45) is 3.67. The van der Waals surface area contributed by atoms with Gasteiger partial charge in [-0.25, -0.2) is 0 Å². The first-order chi connectivity index (χ1) is 14.2. The van der Waals surface area contributed by atoms with Gasteiger partial charge in [-0.1, -0.05) is 42.5 Å². The van der Waals surface area contributed by atoms with E-state index in [2.05, 4.69) is 10.6 Å². The number of carbonyl (C=O) groups is 2. The lowest BCUT2D eigenvalue weighted by atomic mass is 10.0. The monoisotopic (exact) mass is 390 g/mol. The largest absolute Gasteiger partial charge is 0.463 e. The number of anilines is 1. The highest BCUT2D eigenvalue weighted by Crippen LogP contribution is 2.22. The summed E-state index contributed by atoms with van der Waals surface area (Å²) in [6, 6.07) is 20.9. The first-order valence-electron chi connectivity index (χ1n) is 9.82. The molecule has 4 rings (SSSR count). The predicted octanol–water partition coefficient (Wildman–Crippen LogP) is 2.46. The summed E-state index contributed by atoms with van der Waals surface area (Å²) in [5, 5.41) is 7.77. The normalized spacial score (nSPS) is 14.2. The lowest BCUT2D eigenvalue weighted by molar-refractivity contribution is -0.678. The molecule has 0 unspecified atom stereocenters. The molecule has 1 aromatic heterocycles. The average molecular weight is 390 g/mol. The SMILES string of the molecule is O=C(C[NH2+][C@@H](c1ccccc1)c1ccco1)Nc1ccccc1C(=O)NC1CC1. The minimum atomic E-state index is -0.177. The van der Waals surface area contributed by atoms with Gasteiger partial charge < -0.3 is 20.4 Å². The summed E-state index contributed by atoms with van der Waals surface area (Å²) in [5.41, 5.74) is 2.07. The van der Waals surface area contributed by atoms with Crippen LogP contribution in [0.15, 0.2) is 77.4 Å². The first kappa shape index (κ1) is 19.0. The van der Waals surface area contributed by atoms with Gasteiger partial charge in [0.05, 0.1) is 17.5 Å². The van der Waals surface area contributed by atoms with Gasteiger partial charge in [-0.15, -0.1) is 0 Å². The van der Waals surface area contributed by atoms with Crippen molar-refractivity contribution < 1.29 is 19.3 Å². The van der Waals surface area contributed by atoms with Crippen LogP contribution in [0.4, 0.5) is 5.69 Å². The highest BCUT2D eigenvalue weighted by molar-refractivity contribution is 6.04. The maximum absolute atomic E-state index is 12.6. The Morgan fingerprint density at radius 1 is 1.00 bits per heavy atom. The van der Waals surface area contributed by atoms with Crippen LogP contribution < -0.4 is 16.0 Å². The quantitative estimate of drug-likeness (QED) is 0.552. The molecule has 0 bridgehead atoms. The molecule has 1 aliphatic carbocycles. The second kappa shape index (κ2) is 8.75. The van der Waals surface area contributed by atoms with Crippen LogP contribution in [-0.2, 0) is 4.79 Å². The van der Waals surface area contributed by atoms with E-state index in [0.29, 0.717) is 11.3 Å². The highest BCUT2D eigenvalue weighted by atomic mass is 16.3. The summed E-state index contributed by atoms with van der Waals surface area (Å²) < 4.78 is 5.58. The number of carbonyl (C=O) groups excluding carboxylic acids is 2. The van der Waals surface area contributed by atoms with Crippen molar-refractivity contribution >= 4 is 17.5 Å². The molecule has 148 valence electrons. The van der Waals surface area contributed by atoms with E-state index in [1.54, 1.807) is 24.5 Å². The molecule has 1 saturated carbocycles. The van der Waals surface area contributed by atoms with Crippen LogP contribution >= 0.6 is 0 Å². The fourth-order valence-corrected chi connectivity index (χ4v) is 3.25. The number of furan rings is 1. The molecule has 6 nitrogen and oxygen atoms in total. The average Bonchev–Trinajstić information content (AvgIpc) is 3.39. The van der Waals surface area contributed by atoms with Gasteiger partial charge in [0.25, 0.3) is 11.8 Å². The molecule has 0 saturated heterocycles. The van der Waals surface area contributed by atoms with E-state index < -0.39 is 0 Å². The molecule has 6 heteroatoms. The smallest absolute Gasteiger partial charge is 0.279 e. The number of rotatable bonds is 8.